The first-order chi connectivity index (χ1) is 8.94. The molecule has 0 unspecified atom stereocenters. The minimum atomic E-state index is -3.43. The number of halogens is 1. The number of benzene rings is 1. The van der Waals surface area contributed by atoms with Gasteiger partial charge in [-0.15, -0.1) is 5.10 Å². The van der Waals surface area contributed by atoms with Crippen LogP contribution in [-0.4, -0.2) is 24.7 Å². The molecule has 8 heteroatoms. The Hall–Kier alpha value is -1.38. The number of aromatic nitrogens is 2. The number of nitrogens with zero attached hydrogens (tertiary/aromatic N) is 2. The highest BCUT2D eigenvalue weighted by molar-refractivity contribution is 9.10. The number of hydrogen-bond donors (Lipinski definition) is 2. The second-order valence-corrected chi connectivity index (χ2v) is 6.42. The van der Waals surface area contributed by atoms with Crippen molar-refractivity contribution in [1.82, 2.24) is 14.5 Å². The smallest absolute Gasteiger partial charge is 0.240 e. The molecule has 19 heavy (non-hydrogen) atoms. The molecular weight excluding hydrogens is 332 g/mol. The zero-order valence-corrected chi connectivity index (χ0v) is 12.6. The lowest BCUT2D eigenvalue weighted by Crippen LogP contribution is -2.23. The van der Waals surface area contributed by atoms with Crippen LogP contribution in [0.3, 0.4) is 0 Å². The van der Waals surface area contributed by atoms with Gasteiger partial charge in [0.05, 0.1) is 15.1 Å². The fraction of sp³-hybridized carbons (Fsp3) is 0.182. The molecule has 1 aromatic heterocycles. The lowest BCUT2D eigenvalue weighted by Gasteiger charge is -2.06. The van der Waals surface area contributed by atoms with E-state index in [0.29, 0.717) is 16.8 Å². The van der Waals surface area contributed by atoms with E-state index in [1.165, 1.54) is 12.1 Å². The summed E-state index contributed by atoms with van der Waals surface area (Å²) >= 11 is 3.27. The number of anilines is 1. The van der Waals surface area contributed by atoms with Gasteiger partial charge < -0.3 is 5.73 Å². The van der Waals surface area contributed by atoms with Gasteiger partial charge in [-0.3, -0.25) is 0 Å². The number of nitrogens with one attached hydrogen (secondary N) is 1. The highest BCUT2D eigenvalue weighted by Crippen LogP contribution is 2.20. The van der Waals surface area contributed by atoms with Crippen molar-refractivity contribution in [3.63, 3.8) is 0 Å². The van der Waals surface area contributed by atoms with E-state index in [4.69, 9.17) is 5.73 Å². The van der Waals surface area contributed by atoms with Crippen LogP contribution < -0.4 is 10.5 Å². The van der Waals surface area contributed by atoms with Gasteiger partial charge in [0.25, 0.3) is 0 Å². The average Bonchev–Trinajstić information content (AvgIpc) is 2.70. The Kier molecular flexibility index (Phi) is 3.93. The Morgan fingerprint density at radius 1 is 1.37 bits per heavy atom. The van der Waals surface area contributed by atoms with Crippen molar-refractivity contribution in [2.75, 3.05) is 12.3 Å². The molecule has 3 N–H and O–H groups in total. The minimum Gasteiger partial charge on any atom is -0.381 e. The molecule has 0 saturated carbocycles. The lowest BCUT2D eigenvalue weighted by atomic mass is 10.3. The van der Waals surface area contributed by atoms with Gasteiger partial charge in [-0.1, -0.05) is 6.92 Å². The van der Waals surface area contributed by atoms with Crippen LogP contribution in [0.15, 0.2) is 39.8 Å². The van der Waals surface area contributed by atoms with Gasteiger partial charge in [-0.2, -0.15) is 0 Å². The second kappa shape index (κ2) is 5.32. The standard InChI is InChI=1S/C11H13BrN4O2S/c1-2-14-19(17,18)9-5-3-8(4-6-9)16-7-10(12)11(13)15-16/h3-7,14H,2H2,1H3,(H2,13,15). The first-order valence-electron chi connectivity index (χ1n) is 5.55. The Morgan fingerprint density at radius 3 is 2.47 bits per heavy atom. The summed E-state index contributed by atoms with van der Waals surface area (Å²) in [5.41, 5.74) is 6.36. The maximum Gasteiger partial charge on any atom is 0.240 e. The number of hydrogen-bond acceptors (Lipinski definition) is 4. The highest BCUT2D eigenvalue weighted by Gasteiger charge is 2.12. The molecule has 2 aromatic rings. The summed E-state index contributed by atoms with van der Waals surface area (Å²) in [5, 5.41) is 4.09. The molecule has 0 radical (unpaired) electrons. The first kappa shape index (κ1) is 14.0. The summed E-state index contributed by atoms with van der Waals surface area (Å²) in [6.45, 7) is 2.09. The molecule has 0 bridgehead atoms. The number of sulfonamides is 1. The van der Waals surface area contributed by atoms with Crippen LogP contribution in [0, 0.1) is 0 Å². The van der Waals surface area contributed by atoms with Gasteiger partial charge in [0.1, 0.15) is 0 Å². The quantitative estimate of drug-likeness (QED) is 0.879. The Labute approximate surface area is 119 Å². The van der Waals surface area contributed by atoms with E-state index in [-0.39, 0.29) is 4.90 Å². The van der Waals surface area contributed by atoms with E-state index >= 15 is 0 Å². The van der Waals surface area contributed by atoms with Crippen molar-refractivity contribution < 1.29 is 8.42 Å². The highest BCUT2D eigenvalue weighted by atomic mass is 79.9. The topological polar surface area (TPSA) is 90.0 Å². The summed E-state index contributed by atoms with van der Waals surface area (Å²) in [6.07, 6.45) is 1.71. The SMILES string of the molecule is CCNS(=O)(=O)c1ccc(-n2cc(Br)c(N)n2)cc1. The van der Waals surface area contributed by atoms with Crippen LogP contribution in [0.4, 0.5) is 5.82 Å². The molecule has 102 valence electrons. The van der Waals surface area contributed by atoms with E-state index in [0.717, 1.165) is 5.69 Å². The number of nitrogen functional groups attached to an aromatic ring is 1. The van der Waals surface area contributed by atoms with Crippen molar-refractivity contribution in [2.24, 2.45) is 0 Å². The fourth-order valence-corrected chi connectivity index (χ4v) is 2.86. The summed E-state index contributed by atoms with van der Waals surface area (Å²) < 4.78 is 28.3. The monoisotopic (exact) mass is 344 g/mol. The van der Waals surface area contributed by atoms with E-state index in [9.17, 15) is 8.42 Å². The third kappa shape index (κ3) is 2.96. The Bertz CT molecular complexity index is 660. The molecular formula is C11H13BrN4O2S. The average molecular weight is 345 g/mol. The van der Waals surface area contributed by atoms with Crippen LogP contribution >= 0.6 is 15.9 Å². The molecule has 6 nitrogen and oxygen atoms in total. The zero-order chi connectivity index (χ0) is 14.0. The third-order valence-electron chi connectivity index (χ3n) is 2.44. The van der Waals surface area contributed by atoms with E-state index in [2.05, 4.69) is 25.8 Å². The van der Waals surface area contributed by atoms with Gasteiger partial charge in [-0.05, 0) is 40.2 Å². The number of nitrogens with two attached hydrogens (primary N) is 1. The normalized spacial score (nSPS) is 11.7. The lowest BCUT2D eigenvalue weighted by molar-refractivity contribution is 0.584. The van der Waals surface area contributed by atoms with Crippen LogP contribution in [-0.2, 0) is 10.0 Å². The summed E-state index contributed by atoms with van der Waals surface area (Å²) in [6, 6.07) is 6.39. The minimum absolute atomic E-state index is 0.220. The molecule has 0 saturated heterocycles. The Balaban J connectivity index is 2.33. The molecule has 1 heterocycles. The maximum atomic E-state index is 11.8. The van der Waals surface area contributed by atoms with Crippen LogP contribution in [0.25, 0.3) is 5.69 Å². The first-order valence-corrected chi connectivity index (χ1v) is 7.82. The van der Waals surface area contributed by atoms with Crippen molar-refractivity contribution in [3.8, 4) is 5.69 Å². The van der Waals surface area contributed by atoms with Gasteiger partial charge in [0.2, 0.25) is 10.0 Å². The van der Waals surface area contributed by atoms with Gasteiger partial charge in [-0.25, -0.2) is 17.8 Å². The van der Waals surface area contributed by atoms with Crippen molar-refractivity contribution >= 4 is 31.8 Å². The van der Waals surface area contributed by atoms with Gasteiger partial charge in [0, 0.05) is 12.7 Å². The molecule has 2 rings (SSSR count). The molecule has 0 aliphatic rings. The molecule has 0 amide bonds. The van der Waals surface area contributed by atoms with E-state index in [1.807, 2.05) is 0 Å². The van der Waals surface area contributed by atoms with Crippen molar-refractivity contribution in [3.05, 3.63) is 34.9 Å². The molecule has 0 aliphatic heterocycles. The molecule has 0 fully saturated rings. The molecule has 0 aliphatic carbocycles. The second-order valence-electron chi connectivity index (χ2n) is 3.80. The zero-order valence-electron chi connectivity index (χ0n) is 10.2. The molecule has 1 aromatic carbocycles. The van der Waals surface area contributed by atoms with E-state index in [1.54, 1.807) is 29.9 Å². The van der Waals surface area contributed by atoms with Crippen molar-refractivity contribution in [2.45, 2.75) is 11.8 Å². The Morgan fingerprint density at radius 2 is 2.00 bits per heavy atom. The fourth-order valence-electron chi connectivity index (χ4n) is 1.55. The van der Waals surface area contributed by atoms with Gasteiger partial charge >= 0.3 is 0 Å². The maximum absolute atomic E-state index is 11.8. The summed E-state index contributed by atoms with van der Waals surface area (Å²) in [7, 11) is -3.43. The summed E-state index contributed by atoms with van der Waals surface area (Å²) in [5.74, 6) is 0.379. The third-order valence-corrected chi connectivity index (χ3v) is 4.61. The largest absolute Gasteiger partial charge is 0.381 e. The van der Waals surface area contributed by atoms with E-state index < -0.39 is 10.0 Å². The van der Waals surface area contributed by atoms with Crippen LogP contribution in [0.5, 0.6) is 0 Å². The van der Waals surface area contributed by atoms with Crippen LogP contribution in [0.1, 0.15) is 6.92 Å². The van der Waals surface area contributed by atoms with Crippen molar-refractivity contribution in [1.29, 1.82) is 0 Å². The predicted molar refractivity (Wildman–Crippen MR) is 76.5 cm³/mol. The number of rotatable bonds is 4. The molecule has 0 spiro atoms. The summed E-state index contributed by atoms with van der Waals surface area (Å²) in [4.78, 5) is 0.220. The van der Waals surface area contributed by atoms with Gasteiger partial charge in [0.15, 0.2) is 5.82 Å². The molecule has 0 atom stereocenters. The predicted octanol–water partition coefficient (Wildman–Crippen LogP) is 1.52. The van der Waals surface area contributed by atoms with Crippen LogP contribution in [0.2, 0.25) is 0 Å².